The summed E-state index contributed by atoms with van der Waals surface area (Å²) < 4.78 is 51.5. The lowest BCUT2D eigenvalue weighted by molar-refractivity contribution is -0.139. The first-order valence-electron chi connectivity index (χ1n) is 7.82. The quantitative estimate of drug-likeness (QED) is 0.911. The number of hydrogen-bond donors (Lipinski definition) is 1. The van der Waals surface area contributed by atoms with E-state index < -0.39 is 11.7 Å². The Morgan fingerprint density at radius 1 is 1.05 bits per heavy atom. The summed E-state index contributed by atoms with van der Waals surface area (Å²) in [5.74, 6) is 0.537. The first-order chi connectivity index (χ1) is 10.6. The maximum absolute atomic E-state index is 13.5. The first kappa shape index (κ1) is 14.2. The van der Waals surface area contributed by atoms with Crippen LogP contribution in [0, 0.1) is 0 Å². The van der Waals surface area contributed by atoms with Crippen LogP contribution in [0.25, 0.3) is 0 Å². The summed E-state index contributed by atoms with van der Waals surface area (Å²) in [5.41, 5.74) is 1.34. The molecule has 0 radical (unpaired) electrons. The lowest BCUT2D eigenvalue weighted by atomic mass is 9.90. The Morgan fingerprint density at radius 2 is 1.77 bits per heavy atom. The average Bonchev–Trinajstić information content (AvgIpc) is 3.17. The number of nitrogens with one attached hydrogen (secondary N) is 1. The molecule has 0 bridgehead atoms. The van der Waals surface area contributed by atoms with Crippen molar-refractivity contribution in [1.29, 1.82) is 0 Å². The molecule has 22 heavy (non-hydrogen) atoms. The van der Waals surface area contributed by atoms with Crippen molar-refractivity contribution in [1.82, 2.24) is 5.32 Å². The normalized spacial score (nSPS) is 23.1. The van der Waals surface area contributed by atoms with Gasteiger partial charge in [-0.15, -0.1) is 0 Å². The Morgan fingerprint density at radius 3 is 2.45 bits per heavy atom. The van der Waals surface area contributed by atoms with E-state index in [1.807, 2.05) is 0 Å². The molecular weight excluding hydrogens is 295 g/mol. The second-order valence-corrected chi connectivity index (χ2v) is 6.16. The molecule has 0 saturated carbocycles. The van der Waals surface area contributed by atoms with Crippen LogP contribution >= 0.6 is 0 Å². The highest BCUT2D eigenvalue weighted by molar-refractivity contribution is 5.63. The monoisotopic (exact) mass is 313 g/mol. The van der Waals surface area contributed by atoms with Crippen molar-refractivity contribution in [3.63, 3.8) is 0 Å². The largest absolute Gasteiger partial charge is 0.493 e. The number of ether oxygens (including phenoxy) is 2. The van der Waals surface area contributed by atoms with Gasteiger partial charge in [-0.1, -0.05) is 0 Å². The van der Waals surface area contributed by atoms with Crippen LogP contribution in [0.3, 0.4) is 0 Å². The predicted molar refractivity (Wildman–Crippen MR) is 74.6 cm³/mol. The van der Waals surface area contributed by atoms with Crippen molar-refractivity contribution in [2.75, 3.05) is 19.8 Å². The minimum Gasteiger partial charge on any atom is -0.493 e. The molecular formula is C16H18F3NO2. The highest BCUT2D eigenvalue weighted by Gasteiger charge is 2.44. The SMILES string of the molecule is FC(F)(F)c1c2c(c(C[C@@H]3CCCN3)c3c1OCC3)OCC2. The van der Waals surface area contributed by atoms with Gasteiger partial charge in [-0.25, -0.2) is 0 Å². The molecule has 0 aliphatic carbocycles. The summed E-state index contributed by atoms with van der Waals surface area (Å²) >= 11 is 0. The van der Waals surface area contributed by atoms with E-state index >= 15 is 0 Å². The van der Waals surface area contributed by atoms with Crippen molar-refractivity contribution < 1.29 is 22.6 Å². The zero-order chi connectivity index (χ0) is 15.3. The molecule has 1 fully saturated rings. The van der Waals surface area contributed by atoms with Crippen LogP contribution in [0.4, 0.5) is 13.2 Å². The van der Waals surface area contributed by atoms with Gasteiger partial charge in [-0.2, -0.15) is 13.2 Å². The Kier molecular flexibility index (Phi) is 3.25. The zero-order valence-electron chi connectivity index (χ0n) is 12.2. The number of alkyl halides is 3. The summed E-state index contributed by atoms with van der Waals surface area (Å²) in [4.78, 5) is 0. The molecule has 3 heterocycles. The summed E-state index contributed by atoms with van der Waals surface area (Å²) in [5, 5.41) is 3.41. The van der Waals surface area contributed by atoms with Crippen molar-refractivity contribution in [2.24, 2.45) is 0 Å². The fourth-order valence-corrected chi connectivity index (χ4v) is 3.90. The van der Waals surface area contributed by atoms with Gasteiger partial charge < -0.3 is 14.8 Å². The number of rotatable bonds is 2. The molecule has 120 valence electrons. The second-order valence-electron chi connectivity index (χ2n) is 6.16. The van der Waals surface area contributed by atoms with E-state index in [0.29, 0.717) is 49.0 Å². The Labute approximate surface area is 126 Å². The number of halogens is 3. The highest BCUT2D eigenvalue weighted by atomic mass is 19.4. The van der Waals surface area contributed by atoms with Crippen molar-refractivity contribution >= 4 is 0 Å². The predicted octanol–water partition coefficient (Wildman–Crippen LogP) is 2.87. The van der Waals surface area contributed by atoms with Crippen molar-refractivity contribution in [3.8, 4) is 11.5 Å². The minimum atomic E-state index is -4.39. The molecule has 3 nitrogen and oxygen atoms in total. The summed E-state index contributed by atoms with van der Waals surface area (Å²) in [7, 11) is 0. The molecule has 1 aromatic carbocycles. The van der Waals surface area contributed by atoms with Gasteiger partial charge in [0.25, 0.3) is 0 Å². The van der Waals surface area contributed by atoms with Crippen LogP contribution in [-0.4, -0.2) is 25.8 Å². The Balaban J connectivity index is 1.86. The van der Waals surface area contributed by atoms with E-state index in [0.717, 1.165) is 31.4 Å². The molecule has 6 heteroatoms. The van der Waals surface area contributed by atoms with Gasteiger partial charge in [0.2, 0.25) is 0 Å². The van der Waals surface area contributed by atoms with Crippen LogP contribution in [0.5, 0.6) is 11.5 Å². The third kappa shape index (κ3) is 2.16. The van der Waals surface area contributed by atoms with Gasteiger partial charge in [0.05, 0.1) is 13.2 Å². The van der Waals surface area contributed by atoms with Crippen LogP contribution in [0.1, 0.15) is 35.1 Å². The zero-order valence-corrected chi connectivity index (χ0v) is 12.2. The van der Waals surface area contributed by atoms with E-state index in [2.05, 4.69) is 5.32 Å². The third-order valence-corrected chi connectivity index (χ3v) is 4.81. The maximum atomic E-state index is 13.5. The van der Waals surface area contributed by atoms with Gasteiger partial charge in [0.15, 0.2) is 0 Å². The third-order valence-electron chi connectivity index (χ3n) is 4.81. The molecule has 0 spiro atoms. The van der Waals surface area contributed by atoms with E-state index in [1.165, 1.54) is 0 Å². The molecule has 1 N–H and O–H groups in total. The van der Waals surface area contributed by atoms with E-state index in [-0.39, 0.29) is 5.75 Å². The minimum absolute atomic E-state index is 0.0600. The van der Waals surface area contributed by atoms with Crippen LogP contribution < -0.4 is 14.8 Å². The van der Waals surface area contributed by atoms with Gasteiger partial charge in [0.1, 0.15) is 17.1 Å². The molecule has 4 rings (SSSR count). The molecule has 0 unspecified atom stereocenters. The molecule has 0 aromatic heterocycles. The molecule has 3 aliphatic heterocycles. The lowest BCUT2D eigenvalue weighted by Crippen LogP contribution is -2.24. The van der Waals surface area contributed by atoms with Crippen LogP contribution in [-0.2, 0) is 25.4 Å². The van der Waals surface area contributed by atoms with Crippen molar-refractivity contribution in [2.45, 2.75) is 44.3 Å². The summed E-state index contributed by atoms with van der Waals surface area (Å²) in [6.07, 6.45) is -0.635. The highest BCUT2D eigenvalue weighted by Crippen LogP contribution is 2.50. The molecule has 0 amide bonds. The molecule has 1 aromatic rings. The lowest BCUT2D eigenvalue weighted by Gasteiger charge is -2.21. The number of benzene rings is 1. The van der Waals surface area contributed by atoms with Crippen LogP contribution in [0.2, 0.25) is 0 Å². The van der Waals surface area contributed by atoms with Gasteiger partial charge in [-0.05, 0) is 25.8 Å². The van der Waals surface area contributed by atoms with Gasteiger partial charge in [-0.3, -0.25) is 0 Å². The Hall–Kier alpha value is -1.43. The van der Waals surface area contributed by atoms with Crippen molar-refractivity contribution in [3.05, 3.63) is 22.3 Å². The Bertz CT molecular complexity index is 571. The fraction of sp³-hybridized carbons (Fsp3) is 0.625. The molecule has 1 atom stereocenters. The first-order valence-corrected chi connectivity index (χ1v) is 7.82. The maximum Gasteiger partial charge on any atom is 0.420 e. The molecule has 1 saturated heterocycles. The van der Waals surface area contributed by atoms with Gasteiger partial charge in [0, 0.05) is 35.6 Å². The topological polar surface area (TPSA) is 30.5 Å². The summed E-state index contributed by atoms with van der Waals surface area (Å²) in [6.45, 7) is 1.63. The standard InChI is InChI=1S/C16H18F3NO2/c17-16(18,19)13-11-4-7-21-14(11)12(8-9-2-1-5-20-9)10-3-6-22-15(10)13/h9,20H,1-8H2/t9-/m0/s1. The number of hydrogen-bond acceptors (Lipinski definition) is 3. The van der Waals surface area contributed by atoms with E-state index in [1.54, 1.807) is 0 Å². The smallest absolute Gasteiger partial charge is 0.420 e. The second kappa shape index (κ2) is 5.05. The van der Waals surface area contributed by atoms with Gasteiger partial charge >= 0.3 is 6.18 Å². The summed E-state index contributed by atoms with van der Waals surface area (Å²) in [6, 6.07) is 0.328. The molecule has 3 aliphatic rings. The van der Waals surface area contributed by atoms with Crippen LogP contribution in [0.15, 0.2) is 0 Å². The van der Waals surface area contributed by atoms with E-state index in [9.17, 15) is 13.2 Å². The van der Waals surface area contributed by atoms with E-state index in [4.69, 9.17) is 9.47 Å². The fourth-order valence-electron chi connectivity index (χ4n) is 3.90. The number of fused-ring (bicyclic) bond motifs is 2. The average molecular weight is 313 g/mol.